The van der Waals surface area contributed by atoms with Gasteiger partial charge in [-0.3, -0.25) is 9.59 Å². The third-order valence-electron chi connectivity index (χ3n) is 7.47. The summed E-state index contributed by atoms with van der Waals surface area (Å²) in [6.07, 6.45) is 0. The van der Waals surface area contributed by atoms with Gasteiger partial charge in [-0.25, -0.2) is 0 Å². The number of hydrogen-bond acceptors (Lipinski definition) is 8. The molecule has 0 amide bonds. The molecule has 0 saturated carbocycles. The molecule has 0 atom stereocenters. The number of aromatic carboxylic acids is 1. The summed E-state index contributed by atoms with van der Waals surface area (Å²) in [7, 11) is 0. The molecule has 47 heavy (non-hydrogen) atoms. The maximum absolute atomic E-state index is 12.5. The maximum atomic E-state index is 12.5. The van der Waals surface area contributed by atoms with E-state index in [1.165, 1.54) is 12.1 Å². The van der Waals surface area contributed by atoms with E-state index < -0.39 is 31.0 Å². The van der Waals surface area contributed by atoms with Crippen molar-refractivity contribution < 1.29 is 116 Å². The molecule has 4 aromatic rings. The van der Waals surface area contributed by atoms with Gasteiger partial charge in [0.15, 0.2) is 11.6 Å². The van der Waals surface area contributed by atoms with Crippen molar-refractivity contribution in [1.29, 1.82) is 0 Å². The fourth-order valence-electron chi connectivity index (χ4n) is 5.40. The number of benzene rings is 5. The Morgan fingerprint density at radius 3 is 1.68 bits per heavy atom. The Bertz CT molecular complexity index is 2150. The minimum atomic E-state index is -2.75. The zero-order valence-corrected chi connectivity index (χ0v) is 37.6. The van der Waals surface area contributed by atoms with Gasteiger partial charge in [0, 0.05) is 22.3 Å². The van der Waals surface area contributed by atoms with E-state index in [4.69, 9.17) is 4.42 Å². The molecule has 0 saturated heterocycles. The number of halogens is 2. The number of carboxylic acid groups (broad SMARTS) is 1. The summed E-state index contributed by atoms with van der Waals surface area (Å²) in [4.78, 5) is 48.1. The van der Waals surface area contributed by atoms with Crippen molar-refractivity contribution in [2.45, 2.75) is 0 Å². The molecule has 0 bridgehead atoms. The SMILES string of the molecule is O=C([O-])c1ccccc1-c1c2cc(Br)c(=O)cc-2oc2[c]([Hg][OH])c([O-])c(Br)cc12.O=C1c2ccccc2C(=O)c2ccccc21.[Na+].[Na+]. The number of carbonyl (C=O) groups excluding carboxylic acids is 3. The van der Waals surface area contributed by atoms with E-state index in [1.807, 2.05) is 0 Å². The number of carbonyl (C=O) groups is 3. The molecular weight excluding hydrogens is 943 g/mol. The molecule has 7 rings (SSSR count). The van der Waals surface area contributed by atoms with Crippen LogP contribution in [-0.4, -0.2) is 20.5 Å². The molecule has 1 N–H and O–H groups in total. The van der Waals surface area contributed by atoms with Crippen molar-refractivity contribution in [2.24, 2.45) is 0 Å². The van der Waals surface area contributed by atoms with Crippen LogP contribution in [0.25, 0.3) is 33.4 Å². The van der Waals surface area contributed by atoms with E-state index in [-0.39, 0.29) is 111 Å². The summed E-state index contributed by atoms with van der Waals surface area (Å²) in [6, 6.07) is 24.6. The molecule has 0 spiro atoms. The normalized spacial score (nSPS) is 11.3. The van der Waals surface area contributed by atoms with Gasteiger partial charge in [0.1, 0.15) is 0 Å². The number of ketones is 2. The second kappa shape index (κ2) is 15.7. The molecule has 0 aromatic heterocycles. The van der Waals surface area contributed by atoms with E-state index in [9.17, 15) is 32.4 Å². The maximum Gasteiger partial charge on any atom is 1.00 e. The van der Waals surface area contributed by atoms with Crippen molar-refractivity contribution in [2.75, 3.05) is 0 Å². The second-order valence-electron chi connectivity index (χ2n) is 10.0. The zero-order valence-electron chi connectivity index (χ0n) is 24.9. The molecule has 0 fully saturated rings. The first-order valence-corrected chi connectivity index (χ1v) is 20.2. The van der Waals surface area contributed by atoms with Crippen LogP contribution in [0.2, 0.25) is 0 Å². The van der Waals surface area contributed by atoms with Gasteiger partial charge in [0.25, 0.3) is 0 Å². The fourth-order valence-corrected chi connectivity index (χ4v) is 10.1. The van der Waals surface area contributed by atoms with Crippen LogP contribution in [0.4, 0.5) is 0 Å². The van der Waals surface area contributed by atoms with Crippen LogP contribution in [0.15, 0.2) is 109 Å². The smallest absolute Gasteiger partial charge is 0.289 e. The van der Waals surface area contributed by atoms with Gasteiger partial charge in [0.2, 0.25) is 0 Å². The number of rotatable bonds is 3. The van der Waals surface area contributed by atoms with E-state index in [0.717, 1.165) is 0 Å². The summed E-state index contributed by atoms with van der Waals surface area (Å²) < 4.78 is 16.6. The Morgan fingerprint density at radius 1 is 0.702 bits per heavy atom. The summed E-state index contributed by atoms with van der Waals surface area (Å²) in [5, 5.41) is 24.7. The van der Waals surface area contributed by atoms with E-state index in [2.05, 4.69) is 31.9 Å². The molecule has 2 aliphatic carbocycles. The van der Waals surface area contributed by atoms with E-state index in [0.29, 0.717) is 44.3 Å². The van der Waals surface area contributed by atoms with Crippen LogP contribution in [0, 0.1) is 0 Å². The largest absolute Gasteiger partial charge is 1.00 e. The molecule has 218 valence electrons. The van der Waals surface area contributed by atoms with Gasteiger partial charge in [-0.05, 0) is 0 Å². The molecule has 13 heteroatoms. The van der Waals surface area contributed by atoms with Crippen LogP contribution in [0.5, 0.6) is 5.75 Å². The average Bonchev–Trinajstić information content (AvgIpc) is 3.04. The second-order valence-corrected chi connectivity index (χ2v) is 15.7. The predicted octanol–water partition coefficient (Wildman–Crippen LogP) is -1.39. The fraction of sp³-hybridized carbons (Fsp3) is 0. The zero-order chi connectivity index (χ0) is 32.0. The number of hydrogen-bond donors (Lipinski definition) is 1. The third kappa shape index (κ3) is 7.05. The van der Waals surface area contributed by atoms with Crippen molar-refractivity contribution in [3.8, 4) is 28.2 Å². The standard InChI is InChI=1S/C20H9Br2O5.C14H8O2.Hg.2Na.H2O/c21-13-5-11-17(7-15(13)23)27-18-8-16(24)14(22)6-12(18)19(11)9-3-1-2-4-10(9)20(25)26;15-13-9-5-1-2-6-10(9)14(16)12-8-4-3-7-11(12)13;;;;/h1-7,24H,(H,25,26);1-8H;;;;1H2/q;;3*+1;/p-3. The first kappa shape index (κ1) is 37.8. The Balaban J connectivity index is 0.000000236. The van der Waals surface area contributed by atoms with Gasteiger partial charge >= 0.3 is 254 Å². The third-order valence-corrected chi connectivity index (χ3v) is 12.4. The van der Waals surface area contributed by atoms with E-state index in [1.54, 1.807) is 78.9 Å². The predicted molar refractivity (Wildman–Crippen MR) is 165 cm³/mol. The van der Waals surface area contributed by atoms with Gasteiger partial charge < -0.3 is 0 Å². The monoisotopic (exact) mass is 958 g/mol. The minimum Gasteiger partial charge on any atom is -0.289 e. The van der Waals surface area contributed by atoms with Gasteiger partial charge in [-0.2, -0.15) is 0 Å². The molecular formula is C34H16Br2HgNa2O8. The summed E-state index contributed by atoms with van der Waals surface area (Å²) in [5.41, 5.74) is 3.16. The van der Waals surface area contributed by atoms with Crippen LogP contribution < -0.4 is 77.8 Å². The van der Waals surface area contributed by atoms with Crippen LogP contribution in [0.3, 0.4) is 0 Å². The topological polar surface area (TPSA) is 148 Å². The van der Waals surface area contributed by atoms with Crippen LogP contribution in [0.1, 0.15) is 42.2 Å². The summed E-state index contributed by atoms with van der Waals surface area (Å²) in [6.45, 7) is 0. The van der Waals surface area contributed by atoms with Crippen molar-refractivity contribution in [1.82, 2.24) is 0 Å². The molecule has 0 unspecified atom stereocenters. The molecule has 0 radical (unpaired) electrons. The van der Waals surface area contributed by atoms with Crippen molar-refractivity contribution in [3.63, 3.8) is 0 Å². The Hall–Kier alpha value is -1.96. The van der Waals surface area contributed by atoms with Gasteiger partial charge in [-0.15, -0.1) is 0 Å². The minimum absolute atomic E-state index is 0. The summed E-state index contributed by atoms with van der Waals surface area (Å²) >= 11 is 3.71. The molecule has 4 aromatic carbocycles. The first-order chi connectivity index (χ1) is 21.6. The Labute approximate surface area is 341 Å². The van der Waals surface area contributed by atoms with Crippen LogP contribution in [-0.2, 0) is 25.0 Å². The number of carboxylic acids is 1. The Morgan fingerprint density at radius 2 is 1.19 bits per heavy atom. The average molecular weight is 959 g/mol. The molecule has 3 aliphatic rings. The van der Waals surface area contributed by atoms with Crippen molar-refractivity contribution >= 4 is 63.4 Å². The van der Waals surface area contributed by atoms with Gasteiger partial charge in [-0.1, -0.05) is 48.5 Å². The molecule has 1 aliphatic heterocycles. The molecule has 1 heterocycles. The number of fused-ring (bicyclic) bond motifs is 4. The molecule has 8 nitrogen and oxygen atoms in total. The van der Waals surface area contributed by atoms with Gasteiger partial charge in [0.05, 0.1) is 0 Å². The van der Waals surface area contributed by atoms with Crippen LogP contribution >= 0.6 is 31.9 Å². The first-order valence-electron chi connectivity index (χ1n) is 13.4. The Kier molecular flexibility index (Phi) is 12.7. The van der Waals surface area contributed by atoms with Crippen molar-refractivity contribution in [3.05, 3.63) is 138 Å². The quantitative estimate of drug-likeness (QED) is 0.169. The summed E-state index contributed by atoms with van der Waals surface area (Å²) in [5.74, 6) is -1.65. The van der Waals surface area contributed by atoms with E-state index >= 15 is 0 Å².